The van der Waals surface area contributed by atoms with Crippen molar-refractivity contribution in [3.05, 3.63) is 23.3 Å². The number of fused-ring (bicyclic) bond motifs is 4. The highest BCUT2D eigenvalue weighted by Gasteiger charge is 2.80. The fourth-order valence-corrected chi connectivity index (χ4v) is 7.40. The normalized spacial score (nSPS) is 40.9. The summed E-state index contributed by atoms with van der Waals surface area (Å²) in [6.07, 6.45) is 5.16. The first-order valence-electron chi connectivity index (χ1n) is 9.66. The molecule has 3 fully saturated rings. The van der Waals surface area contributed by atoms with E-state index in [2.05, 4.69) is 31.3 Å². The van der Waals surface area contributed by atoms with E-state index in [1.54, 1.807) is 11.3 Å². The summed E-state index contributed by atoms with van der Waals surface area (Å²) in [5, 5.41) is 4.08. The van der Waals surface area contributed by atoms with Gasteiger partial charge < -0.3 is 5.32 Å². The molecule has 25 heavy (non-hydrogen) atoms. The number of hydrogen-bond acceptors (Lipinski definition) is 4. The van der Waals surface area contributed by atoms with Gasteiger partial charge in [0.05, 0.1) is 10.2 Å². The number of benzene rings is 1. The number of rotatable bonds is 3. The van der Waals surface area contributed by atoms with Gasteiger partial charge in [-0.3, -0.25) is 4.79 Å². The fraction of sp³-hybridized carbons (Fsp3) is 0.619. The number of carbonyl (C=O) groups excluding carboxylic acids is 1. The van der Waals surface area contributed by atoms with Crippen molar-refractivity contribution in [1.82, 2.24) is 4.98 Å². The summed E-state index contributed by atoms with van der Waals surface area (Å²) < 4.78 is 1.14. The van der Waals surface area contributed by atoms with Crippen molar-refractivity contribution in [1.29, 1.82) is 0 Å². The molecule has 2 bridgehead atoms. The molecule has 1 N–H and O–H groups in total. The summed E-state index contributed by atoms with van der Waals surface area (Å²) >= 11 is 1.65. The van der Waals surface area contributed by atoms with Gasteiger partial charge in [-0.1, -0.05) is 38.0 Å². The molecule has 4 heteroatoms. The van der Waals surface area contributed by atoms with Crippen LogP contribution >= 0.6 is 11.3 Å². The number of anilines is 1. The third-order valence-corrected chi connectivity index (χ3v) is 9.13. The van der Waals surface area contributed by atoms with Crippen LogP contribution in [0.4, 0.5) is 5.13 Å². The van der Waals surface area contributed by atoms with E-state index in [0.29, 0.717) is 23.5 Å². The first kappa shape index (κ1) is 14.7. The zero-order valence-corrected chi connectivity index (χ0v) is 15.9. The highest BCUT2D eigenvalue weighted by atomic mass is 32.1. The summed E-state index contributed by atoms with van der Waals surface area (Å²) in [7, 11) is 1.91. The molecule has 4 aliphatic rings. The summed E-state index contributed by atoms with van der Waals surface area (Å²) in [6, 6.07) is 4.39. The highest BCUT2D eigenvalue weighted by molar-refractivity contribution is 7.22. The number of hydrogen-bond donors (Lipinski definition) is 1. The molecular formula is C21H24N2OS. The first-order valence-corrected chi connectivity index (χ1v) is 10.5. The molecule has 5 atom stereocenters. The first-order chi connectivity index (χ1) is 12.0. The molecule has 3 saturated carbocycles. The van der Waals surface area contributed by atoms with E-state index in [1.165, 1.54) is 24.8 Å². The lowest BCUT2D eigenvalue weighted by molar-refractivity contribution is 0.0843. The van der Waals surface area contributed by atoms with Crippen LogP contribution in [0.2, 0.25) is 0 Å². The van der Waals surface area contributed by atoms with Crippen LogP contribution in [-0.2, 0) is 5.41 Å². The molecule has 0 amide bonds. The topological polar surface area (TPSA) is 42.0 Å². The van der Waals surface area contributed by atoms with Crippen molar-refractivity contribution in [2.24, 2.45) is 29.1 Å². The largest absolute Gasteiger partial charge is 0.365 e. The summed E-state index contributed by atoms with van der Waals surface area (Å²) in [4.78, 5) is 18.3. The lowest BCUT2D eigenvalue weighted by Crippen LogP contribution is -2.38. The van der Waals surface area contributed by atoms with Gasteiger partial charge in [-0.05, 0) is 59.6 Å². The standard InChI is InChI=1S/C21H24N2OS/c1-10-17-14(6-11-4-5-11)21(17)9-20(10,2)13-8-15-16(7-12(13)18(21)24)25-19(22-3)23-15/h7-8,10-11,14,17H,4-6,9H2,1-3H3,(H,22,23)/t10-,14?,17+,20+,21?/m0/s1. The molecule has 6 rings (SSSR count). The van der Waals surface area contributed by atoms with Gasteiger partial charge in [0, 0.05) is 18.0 Å². The van der Waals surface area contributed by atoms with Crippen LogP contribution in [0, 0.1) is 29.1 Å². The van der Waals surface area contributed by atoms with Gasteiger partial charge in [0.2, 0.25) is 0 Å². The van der Waals surface area contributed by atoms with Gasteiger partial charge in [0.25, 0.3) is 0 Å². The monoisotopic (exact) mass is 352 g/mol. The van der Waals surface area contributed by atoms with Crippen molar-refractivity contribution < 1.29 is 4.79 Å². The number of Topliss-reactive ketones (excluding diaryl/α,β-unsaturated/α-hetero) is 1. The second kappa shape index (κ2) is 4.28. The molecule has 2 aromatic rings. The van der Waals surface area contributed by atoms with E-state index < -0.39 is 0 Å². The maximum Gasteiger partial charge on any atom is 0.183 e. The molecule has 2 unspecified atom stereocenters. The Balaban J connectivity index is 1.53. The van der Waals surface area contributed by atoms with Crippen LogP contribution < -0.4 is 5.32 Å². The van der Waals surface area contributed by atoms with Crippen LogP contribution in [-0.4, -0.2) is 17.8 Å². The molecule has 3 nitrogen and oxygen atoms in total. The van der Waals surface area contributed by atoms with E-state index in [-0.39, 0.29) is 10.8 Å². The number of nitrogens with zero attached hydrogens (tertiary/aromatic N) is 1. The Labute approximate surface area is 152 Å². The molecule has 1 aromatic heterocycles. The molecule has 0 saturated heterocycles. The van der Waals surface area contributed by atoms with Gasteiger partial charge in [-0.2, -0.15) is 0 Å². The minimum atomic E-state index is -0.0199. The molecule has 1 heterocycles. The molecule has 0 radical (unpaired) electrons. The fourth-order valence-electron chi connectivity index (χ4n) is 6.56. The van der Waals surface area contributed by atoms with Gasteiger partial charge in [-0.25, -0.2) is 4.98 Å². The third-order valence-electron chi connectivity index (χ3n) is 8.09. The van der Waals surface area contributed by atoms with E-state index in [4.69, 9.17) is 4.98 Å². The smallest absolute Gasteiger partial charge is 0.183 e. The molecule has 0 aliphatic heterocycles. The van der Waals surface area contributed by atoms with E-state index in [9.17, 15) is 4.79 Å². The van der Waals surface area contributed by atoms with Crippen molar-refractivity contribution in [2.75, 3.05) is 12.4 Å². The lowest BCUT2D eigenvalue weighted by atomic mass is 9.63. The highest BCUT2D eigenvalue weighted by Crippen LogP contribution is 2.80. The predicted octanol–water partition coefficient (Wildman–Crippen LogP) is 4.86. The van der Waals surface area contributed by atoms with E-state index in [0.717, 1.165) is 33.3 Å². The third kappa shape index (κ3) is 1.59. The zero-order chi connectivity index (χ0) is 17.1. The number of ketones is 1. The number of nitrogens with one attached hydrogen (secondary N) is 1. The molecule has 4 aliphatic carbocycles. The van der Waals surface area contributed by atoms with Gasteiger partial charge in [0.15, 0.2) is 10.9 Å². The average Bonchev–Trinajstić information content (AvgIpc) is 3.46. The minimum Gasteiger partial charge on any atom is -0.365 e. The van der Waals surface area contributed by atoms with Crippen LogP contribution in [0.25, 0.3) is 10.2 Å². The van der Waals surface area contributed by atoms with Crippen LogP contribution in [0.15, 0.2) is 12.1 Å². The molecular weight excluding hydrogens is 328 g/mol. The summed E-state index contributed by atoms with van der Waals surface area (Å²) in [5.41, 5.74) is 3.45. The Morgan fingerprint density at radius 3 is 2.88 bits per heavy atom. The second-order valence-corrected chi connectivity index (χ2v) is 10.2. The maximum atomic E-state index is 13.6. The van der Waals surface area contributed by atoms with E-state index >= 15 is 0 Å². The van der Waals surface area contributed by atoms with Crippen molar-refractivity contribution in [2.45, 2.75) is 44.9 Å². The Bertz CT molecular complexity index is 945. The summed E-state index contributed by atoms with van der Waals surface area (Å²) in [5.74, 6) is 3.26. The molecule has 1 spiro atoms. The van der Waals surface area contributed by atoms with Gasteiger partial charge >= 0.3 is 0 Å². The Hall–Kier alpha value is -1.42. The van der Waals surface area contributed by atoms with Crippen molar-refractivity contribution in [3.8, 4) is 0 Å². The average molecular weight is 353 g/mol. The van der Waals surface area contributed by atoms with Crippen molar-refractivity contribution >= 4 is 32.5 Å². The van der Waals surface area contributed by atoms with Crippen molar-refractivity contribution in [3.63, 3.8) is 0 Å². The van der Waals surface area contributed by atoms with Crippen LogP contribution in [0.1, 0.15) is 55.5 Å². The minimum absolute atomic E-state index is 0.0199. The zero-order valence-electron chi connectivity index (χ0n) is 15.1. The van der Waals surface area contributed by atoms with Gasteiger partial charge in [0.1, 0.15) is 0 Å². The maximum absolute atomic E-state index is 13.6. The van der Waals surface area contributed by atoms with Crippen LogP contribution in [0.5, 0.6) is 0 Å². The van der Waals surface area contributed by atoms with Gasteiger partial charge in [-0.15, -0.1) is 0 Å². The quantitative estimate of drug-likeness (QED) is 0.857. The Morgan fingerprint density at radius 2 is 2.16 bits per heavy atom. The Kier molecular flexibility index (Phi) is 2.52. The van der Waals surface area contributed by atoms with Crippen LogP contribution in [0.3, 0.4) is 0 Å². The molecule has 1 aromatic carbocycles. The number of carbonyl (C=O) groups is 1. The SMILES string of the molecule is CNc1nc2cc3c(cc2s1)C(=O)C12C[C@]3(C)[C@@H](C)[C@@H]1C2CC1CC1. The second-order valence-electron chi connectivity index (χ2n) is 9.20. The lowest BCUT2D eigenvalue weighted by Gasteiger charge is -2.39. The van der Waals surface area contributed by atoms with E-state index in [1.807, 2.05) is 7.05 Å². The summed E-state index contributed by atoms with van der Waals surface area (Å²) in [6.45, 7) is 4.81. The Morgan fingerprint density at radius 1 is 1.36 bits per heavy atom. The number of thiazole rings is 1. The predicted molar refractivity (Wildman–Crippen MR) is 101 cm³/mol. The number of aromatic nitrogens is 1. The molecule has 130 valence electrons.